The van der Waals surface area contributed by atoms with E-state index < -0.39 is 24.6 Å². The highest BCUT2D eigenvalue weighted by atomic mass is 16.7. The van der Waals surface area contributed by atoms with Crippen LogP contribution in [-0.2, 0) is 9.63 Å². The molecule has 0 saturated heterocycles. The summed E-state index contributed by atoms with van der Waals surface area (Å²) in [6, 6.07) is 6.76. The van der Waals surface area contributed by atoms with Crippen LogP contribution in [0.2, 0.25) is 0 Å². The van der Waals surface area contributed by atoms with Crippen LogP contribution in [0.5, 0.6) is 0 Å². The lowest BCUT2D eigenvalue weighted by Crippen LogP contribution is -2.40. The third-order valence-electron chi connectivity index (χ3n) is 1.78. The molecular formula is C10H11NO5. The lowest BCUT2D eigenvalue weighted by atomic mass is 10.2. The Morgan fingerprint density at radius 1 is 1.31 bits per heavy atom. The van der Waals surface area contributed by atoms with Crippen molar-refractivity contribution in [3.63, 3.8) is 0 Å². The molecule has 0 saturated carbocycles. The second-order valence-corrected chi connectivity index (χ2v) is 2.95. The number of carboxylic acids is 1. The maximum atomic E-state index is 11.3. The number of hydroxylamine groups is 1. The van der Waals surface area contributed by atoms with Crippen molar-refractivity contribution in [2.45, 2.75) is 6.04 Å². The number of carbonyl (C=O) groups is 2. The van der Waals surface area contributed by atoms with Crippen molar-refractivity contribution in [2.24, 2.45) is 0 Å². The first-order chi connectivity index (χ1) is 7.65. The van der Waals surface area contributed by atoms with Crippen LogP contribution < -0.4 is 5.48 Å². The van der Waals surface area contributed by atoms with Crippen molar-refractivity contribution < 1.29 is 24.6 Å². The van der Waals surface area contributed by atoms with Crippen molar-refractivity contribution in [1.82, 2.24) is 5.48 Å². The number of carboxylic acid groups (broad SMARTS) is 1. The summed E-state index contributed by atoms with van der Waals surface area (Å²) in [6.45, 7) is -0.669. The highest BCUT2D eigenvalue weighted by Crippen LogP contribution is 2.00. The number of aliphatic hydroxyl groups excluding tert-OH is 1. The highest BCUT2D eigenvalue weighted by molar-refractivity contribution is 5.89. The molecule has 16 heavy (non-hydrogen) atoms. The van der Waals surface area contributed by atoms with Gasteiger partial charge in [0.05, 0.1) is 12.2 Å². The number of hydrogen-bond donors (Lipinski definition) is 3. The summed E-state index contributed by atoms with van der Waals surface area (Å²) in [4.78, 5) is 26.3. The van der Waals surface area contributed by atoms with E-state index in [0.717, 1.165) is 0 Å². The minimum atomic E-state index is -1.33. The van der Waals surface area contributed by atoms with Crippen molar-refractivity contribution in [1.29, 1.82) is 0 Å². The topological polar surface area (TPSA) is 95.9 Å². The fraction of sp³-hybridized carbons (Fsp3) is 0.200. The van der Waals surface area contributed by atoms with Gasteiger partial charge in [0, 0.05) is 0 Å². The van der Waals surface area contributed by atoms with Crippen molar-refractivity contribution in [3.8, 4) is 0 Å². The molecule has 0 bridgehead atoms. The molecule has 1 atom stereocenters. The number of nitrogens with one attached hydrogen (secondary N) is 1. The van der Waals surface area contributed by atoms with Gasteiger partial charge in [-0.05, 0) is 12.1 Å². The van der Waals surface area contributed by atoms with E-state index in [1.807, 2.05) is 5.48 Å². The zero-order valence-electron chi connectivity index (χ0n) is 8.29. The number of benzene rings is 1. The second-order valence-electron chi connectivity index (χ2n) is 2.95. The van der Waals surface area contributed by atoms with E-state index in [9.17, 15) is 9.59 Å². The maximum absolute atomic E-state index is 11.3. The molecule has 6 nitrogen and oxygen atoms in total. The summed E-state index contributed by atoms with van der Waals surface area (Å²) in [6.07, 6.45) is 0. The molecule has 1 rings (SSSR count). The Kier molecular flexibility index (Phi) is 4.43. The van der Waals surface area contributed by atoms with Crippen molar-refractivity contribution in [3.05, 3.63) is 35.9 Å². The van der Waals surface area contributed by atoms with E-state index in [1.165, 1.54) is 12.1 Å². The second kappa shape index (κ2) is 5.84. The van der Waals surface area contributed by atoms with Crippen LogP contribution >= 0.6 is 0 Å². The van der Waals surface area contributed by atoms with Crippen LogP contribution in [0.1, 0.15) is 10.4 Å². The predicted molar refractivity (Wildman–Crippen MR) is 53.5 cm³/mol. The minimum absolute atomic E-state index is 0.289. The number of carbonyl (C=O) groups excluding carboxylic acids is 1. The molecule has 0 unspecified atom stereocenters. The minimum Gasteiger partial charge on any atom is -0.480 e. The molecule has 1 aromatic carbocycles. The van der Waals surface area contributed by atoms with Gasteiger partial charge < -0.3 is 15.1 Å². The van der Waals surface area contributed by atoms with Crippen molar-refractivity contribution in [2.75, 3.05) is 6.61 Å². The molecule has 0 radical (unpaired) electrons. The zero-order chi connectivity index (χ0) is 12.0. The van der Waals surface area contributed by atoms with E-state index in [1.54, 1.807) is 18.2 Å². The van der Waals surface area contributed by atoms with Gasteiger partial charge in [-0.1, -0.05) is 18.2 Å². The molecule has 0 aliphatic heterocycles. The summed E-state index contributed by atoms with van der Waals surface area (Å²) in [5, 5.41) is 17.2. The average molecular weight is 225 g/mol. The Hall–Kier alpha value is -1.92. The Morgan fingerprint density at radius 2 is 1.94 bits per heavy atom. The number of aliphatic carboxylic acids is 1. The van der Waals surface area contributed by atoms with Crippen LogP contribution in [0.4, 0.5) is 0 Å². The highest BCUT2D eigenvalue weighted by Gasteiger charge is 2.18. The Morgan fingerprint density at radius 3 is 2.44 bits per heavy atom. The number of aliphatic hydroxyl groups is 1. The lowest BCUT2D eigenvalue weighted by Gasteiger charge is -2.10. The maximum Gasteiger partial charge on any atom is 0.356 e. The van der Waals surface area contributed by atoms with Gasteiger partial charge in [-0.2, -0.15) is 0 Å². The fourth-order valence-corrected chi connectivity index (χ4v) is 0.924. The predicted octanol–water partition coefficient (Wildman–Crippen LogP) is -0.207. The molecule has 0 heterocycles. The van der Waals surface area contributed by atoms with E-state index in [-0.39, 0.29) is 5.56 Å². The number of hydrogen-bond acceptors (Lipinski definition) is 5. The van der Waals surface area contributed by atoms with Gasteiger partial charge in [-0.3, -0.25) is 4.79 Å². The first-order valence-corrected chi connectivity index (χ1v) is 4.50. The quantitative estimate of drug-likeness (QED) is 0.600. The van der Waals surface area contributed by atoms with Gasteiger partial charge >= 0.3 is 11.9 Å². The largest absolute Gasteiger partial charge is 0.480 e. The van der Waals surface area contributed by atoms with Crippen LogP contribution in [0.25, 0.3) is 0 Å². The van der Waals surface area contributed by atoms with Crippen molar-refractivity contribution >= 4 is 11.9 Å². The van der Waals surface area contributed by atoms with E-state index in [2.05, 4.69) is 4.84 Å². The fourth-order valence-electron chi connectivity index (χ4n) is 0.924. The SMILES string of the molecule is O=C(ON[C@H](CO)C(=O)O)c1ccccc1. The molecule has 0 fully saturated rings. The van der Waals surface area contributed by atoms with E-state index >= 15 is 0 Å². The van der Waals surface area contributed by atoms with Crippen LogP contribution in [0.3, 0.4) is 0 Å². The first kappa shape index (κ1) is 12.2. The molecule has 0 aliphatic rings. The van der Waals surface area contributed by atoms with Crippen LogP contribution in [-0.4, -0.2) is 34.8 Å². The molecule has 86 valence electrons. The van der Waals surface area contributed by atoms with Gasteiger partial charge in [0.1, 0.15) is 0 Å². The monoisotopic (exact) mass is 225 g/mol. The molecule has 0 amide bonds. The van der Waals surface area contributed by atoms with Gasteiger partial charge in [0.15, 0.2) is 6.04 Å². The van der Waals surface area contributed by atoms with E-state index in [4.69, 9.17) is 10.2 Å². The molecule has 0 spiro atoms. The molecule has 3 N–H and O–H groups in total. The summed E-state index contributed by atoms with van der Waals surface area (Å²) >= 11 is 0. The Labute approximate surface area is 91.4 Å². The summed E-state index contributed by atoms with van der Waals surface area (Å²) in [5.41, 5.74) is 2.26. The molecule has 6 heteroatoms. The summed E-state index contributed by atoms with van der Waals surface area (Å²) in [7, 11) is 0. The smallest absolute Gasteiger partial charge is 0.356 e. The standard InChI is InChI=1S/C10H11NO5/c12-6-8(9(13)14)11-16-10(15)7-4-2-1-3-5-7/h1-5,8,11-12H,6H2,(H,13,14)/t8-/m1/s1. The lowest BCUT2D eigenvalue weighted by molar-refractivity contribution is -0.143. The van der Waals surface area contributed by atoms with Gasteiger partial charge in [-0.25, -0.2) is 4.79 Å². The summed E-state index contributed by atoms with van der Waals surface area (Å²) in [5.74, 6) is -2.01. The third-order valence-corrected chi connectivity index (χ3v) is 1.78. The van der Waals surface area contributed by atoms with Crippen LogP contribution in [0, 0.1) is 0 Å². The summed E-state index contributed by atoms with van der Waals surface area (Å²) < 4.78 is 0. The Bertz CT molecular complexity index is 365. The molecule has 0 aromatic heterocycles. The normalized spacial score (nSPS) is 11.8. The first-order valence-electron chi connectivity index (χ1n) is 4.50. The molecule has 1 aromatic rings. The molecular weight excluding hydrogens is 214 g/mol. The average Bonchev–Trinajstić information content (AvgIpc) is 2.30. The zero-order valence-corrected chi connectivity index (χ0v) is 8.29. The van der Waals surface area contributed by atoms with E-state index in [0.29, 0.717) is 0 Å². The molecule has 0 aliphatic carbocycles. The third kappa shape index (κ3) is 3.34. The van der Waals surface area contributed by atoms with Gasteiger partial charge in [0.25, 0.3) is 0 Å². The Balaban J connectivity index is 2.50. The van der Waals surface area contributed by atoms with Gasteiger partial charge in [0.2, 0.25) is 0 Å². The number of rotatable bonds is 5. The van der Waals surface area contributed by atoms with Crippen LogP contribution in [0.15, 0.2) is 30.3 Å². The van der Waals surface area contributed by atoms with Gasteiger partial charge in [-0.15, -0.1) is 5.48 Å².